The monoisotopic (exact) mass is 295 g/mol. The van der Waals surface area contributed by atoms with Crippen LogP contribution in [0, 0.1) is 0 Å². The number of pyridine rings is 1. The number of ether oxygens (including phenoxy) is 1. The van der Waals surface area contributed by atoms with Crippen LogP contribution in [0.1, 0.15) is 0 Å². The van der Waals surface area contributed by atoms with E-state index < -0.39 is 0 Å². The Balaban J connectivity index is 2.90. The topological polar surface area (TPSA) is 22.1 Å². The Morgan fingerprint density at radius 1 is 1.00 bits per heavy atom. The highest BCUT2D eigenvalue weighted by Gasteiger charge is 2.15. The molecular weight excluding hydrogens is 292 g/mol. The van der Waals surface area contributed by atoms with Crippen LogP contribution in [-0.4, -0.2) is 12.1 Å². The number of hydrogen-bond donors (Lipinski definition) is 0. The standard InChI is InChI=1S/C10H5Cl4NO/c1-16-5-3-2-4-6(11)8(13)10(14)15-9(4)7(5)12/h2-3H,1H3. The molecule has 0 unspecified atom stereocenters. The van der Waals surface area contributed by atoms with Crippen LogP contribution < -0.4 is 4.74 Å². The van der Waals surface area contributed by atoms with Gasteiger partial charge in [0.05, 0.1) is 22.7 Å². The van der Waals surface area contributed by atoms with Crippen molar-refractivity contribution in [2.45, 2.75) is 0 Å². The van der Waals surface area contributed by atoms with E-state index in [0.717, 1.165) is 0 Å². The van der Waals surface area contributed by atoms with Crippen molar-refractivity contribution in [3.05, 3.63) is 32.4 Å². The number of aromatic nitrogens is 1. The molecule has 0 atom stereocenters. The quantitative estimate of drug-likeness (QED) is 0.701. The predicted molar refractivity (Wildman–Crippen MR) is 68.3 cm³/mol. The average molecular weight is 297 g/mol. The summed E-state index contributed by atoms with van der Waals surface area (Å²) >= 11 is 23.8. The molecule has 0 amide bonds. The zero-order valence-corrected chi connectivity index (χ0v) is 11.0. The van der Waals surface area contributed by atoms with Gasteiger partial charge in [-0.1, -0.05) is 46.4 Å². The molecule has 1 heterocycles. The summed E-state index contributed by atoms with van der Waals surface area (Å²) in [5.74, 6) is 0.510. The van der Waals surface area contributed by atoms with Crippen LogP contribution in [0.15, 0.2) is 12.1 Å². The van der Waals surface area contributed by atoms with Gasteiger partial charge in [-0.15, -0.1) is 0 Å². The summed E-state index contributed by atoms with van der Waals surface area (Å²) in [6, 6.07) is 3.43. The Bertz CT molecular complexity index is 570. The molecule has 0 aliphatic heterocycles. The fraction of sp³-hybridized carbons (Fsp3) is 0.100. The van der Waals surface area contributed by atoms with Crippen LogP contribution in [0.5, 0.6) is 5.75 Å². The molecule has 6 heteroatoms. The van der Waals surface area contributed by atoms with Gasteiger partial charge in [-0.25, -0.2) is 4.98 Å². The van der Waals surface area contributed by atoms with E-state index in [4.69, 9.17) is 51.1 Å². The normalized spacial score (nSPS) is 10.8. The highest BCUT2D eigenvalue weighted by molar-refractivity contribution is 6.50. The molecular formula is C10H5Cl4NO. The molecule has 2 rings (SSSR count). The van der Waals surface area contributed by atoms with E-state index in [9.17, 15) is 0 Å². The van der Waals surface area contributed by atoms with E-state index in [1.54, 1.807) is 12.1 Å². The highest BCUT2D eigenvalue weighted by Crippen LogP contribution is 2.39. The lowest BCUT2D eigenvalue weighted by Gasteiger charge is -2.08. The van der Waals surface area contributed by atoms with Crippen molar-refractivity contribution >= 4 is 57.3 Å². The first kappa shape index (κ1) is 12.1. The zero-order chi connectivity index (χ0) is 11.9. The second-order valence-electron chi connectivity index (χ2n) is 3.01. The molecule has 0 saturated heterocycles. The van der Waals surface area contributed by atoms with Gasteiger partial charge in [-0.3, -0.25) is 0 Å². The minimum atomic E-state index is 0.120. The third-order valence-electron chi connectivity index (χ3n) is 2.12. The molecule has 0 spiro atoms. The Morgan fingerprint density at radius 2 is 1.69 bits per heavy atom. The number of rotatable bonds is 1. The fourth-order valence-electron chi connectivity index (χ4n) is 1.35. The Labute approximate surface area is 112 Å². The zero-order valence-electron chi connectivity index (χ0n) is 8.02. The van der Waals surface area contributed by atoms with Crippen LogP contribution in [0.3, 0.4) is 0 Å². The first-order valence-electron chi connectivity index (χ1n) is 4.23. The van der Waals surface area contributed by atoms with E-state index in [2.05, 4.69) is 4.98 Å². The second kappa shape index (κ2) is 4.46. The summed E-state index contributed by atoms with van der Waals surface area (Å²) in [4.78, 5) is 4.08. The maximum Gasteiger partial charge on any atom is 0.149 e. The summed E-state index contributed by atoms with van der Waals surface area (Å²) in [5.41, 5.74) is 0.473. The molecule has 0 aliphatic rings. The summed E-state index contributed by atoms with van der Waals surface area (Å²) in [6.45, 7) is 0. The molecule has 0 bridgehead atoms. The van der Waals surface area contributed by atoms with Crippen molar-refractivity contribution < 1.29 is 4.74 Å². The number of methoxy groups -OCH3 is 1. The number of hydrogen-bond acceptors (Lipinski definition) is 2. The lowest BCUT2D eigenvalue weighted by Crippen LogP contribution is -1.89. The van der Waals surface area contributed by atoms with Gasteiger partial charge in [0.2, 0.25) is 0 Å². The van der Waals surface area contributed by atoms with Gasteiger partial charge in [0.25, 0.3) is 0 Å². The molecule has 0 fully saturated rings. The maximum atomic E-state index is 6.09. The summed E-state index contributed by atoms with van der Waals surface area (Å²) in [5, 5.41) is 1.68. The summed E-state index contributed by atoms with van der Waals surface area (Å²) in [6.07, 6.45) is 0. The lowest BCUT2D eigenvalue weighted by atomic mass is 10.2. The third kappa shape index (κ3) is 1.80. The Kier molecular flexibility index (Phi) is 3.36. The first-order chi connectivity index (χ1) is 7.56. The minimum absolute atomic E-state index is 0.120. The first-order valence-corrected chi connectivity index (χ1v) is 5.74. The van der Waals surface area contributed by atoms with E-state index in [1.807, 2.05) is 0 Å². The van der Waals surface area contributed by atoms with Crippen molar-refractivity contribution in [2.75, 3.05) is 7.11 Å². The van der Waals surface area contributed by atoms with Crippen LogP contribution >= 0.6 is 46.4 Å². The van der Waals surface area contributed by atoms with Crippen molar-refractivity contribution in [3.63, 3.8) is 0 Å². The predicted octanol–water partition coefficient (Wildman–Crippen LogP) is 4.86. The maximum absolute atomic E-state index is 6.09. The van der Waals surface area contributed by atoms with Crippen molar-refractivity contribution in [3.8, 4) is 5.75 Å². The minimum Gasteiger partial charge on any atom is -0.495 e. The number of fused-ring (bicyclic) bond motifs is 1. The summed E-state index contributed by atoms with van der Waals surface area (Å²) < 4.78 is 5.07. The van der Waals surface area contributed by atoms with Gasteiger partial charge in [0, 0.05) is 5.39 Å². The third-order valence-corrected chi connectivity index (χ3v) is 3.71. The number of benzene rings is 1. The Hall–Kier alpha value is -0.410. The van der Waals surface area contributed by atoms with Gasteiger partial charge in [0.15, 0.2) is 0 Å². The second-order valence-corrected chi connectivity index (χ2v) is 4.50. The van der Waals surface area contributed by atoms with E-state index >= 15 is 0 Å². The lowest BCUT2D eigenvalue weighted by molar-refractivity contribution is 0.415. The van der Waals surface area contributed by atoms with Crippen molar-refractivity contribution in [1.82, 2.24) is 4.98 Å². The van der Waals surface area contributed by atoms with Crippen LogP contribution in [0.2, 0.25) is 20.2 Å². The SMILES string of the molecule is COc1ccc2c(Cl)c(Cl)c(Cl)nc2c1Cl. The van der Waals surface area contributed by atoms with Crippen molar-refractivity contribution in [1.29, 1.82) is 0 Å². The number of halogens is 4. The van der Waals surface area contributed by atoms with Gasteiger partial charge < -0.3 is 4.74 Å². The van der Waals surface area contributed by atoms with Crippen LogP contribution in [0.4, 0.5) is 0 Å². The molecule has 0 radical (unpaired) electrons. The molecule has 84 valence electrons. The highest BCUT2D eigenvalue weighted by atomic mass is 35.5. The Morgan fingerprint density at radius 3 is 2.31 bits per heavy atom. The van der Waals surface area contributed by atoms with Crippen LogP contribution in [-0.2, 0) is 0 Å². The molecule has 2 nitrogen and oxygen atoms in total. The van der Waals surface area contributed by atoms with Crippen LogP contribution in [0.25, 0.3) is 10.9 Å². The molecule has 2 aromatic rings. The van der Waals surface area contributed by atoms with E-state index in [-0.39, 0.29) is 10.2 Å². The van der Waals surface area contributed by atoms with Gasteiger partial charge in [-0.05, 0) is 12.1 Å². The molecule has 1 aromatic carbocycles. The van der Waals surface area contributed by atoms with E-state index in [0.29, 0.717) is 26.7 Å². The number of nitrogens with zero attached hydrogens (tertiary/aromatic N) is 1. The molecule has 1 aromatic heterocycles. The van der Waals surface area contributed by atoms with Gasteiger partial charge in [-0.2, -0.15) is 0 Å². The molecule has 0 N–H and O–H groups in total. The average Bonchev–Trinajstić information content (AvgIpc) is 2.28. The molecule has 16 heavy (non-hydrogen) atoms. The summed E-state index contributed by atoms with van der Waals surface area (Å²) in [7, 11) is 1.52. The largest absolute Gasteiger partial charge is 0.495 e. The molecule has 0 saturated carbocycles. The van der Waals surface area contributed by atoms with Gasteiger partial charge >= 0.3 is 0 Å². The molecule has 0 aliphatic carbocycles. The van der Waals surface area contributed by atoms with Crippen molar-refractivity contribution in [2.24, 2.45) is 0 Å². The van der Waals surface area contributed by atoms with E-state index in [1.165, 1.54) is 7.11 Å². The van der Waals surface area contributed by atoms with Gasteiger partial charge in [0.1, 0.15) is 15.9 Å². The smallest absolute Gasteiger partial charge is 0.149 e. The fourth-order valence-corrected chi connectivity index (χ4v) is 2.24.